The molecule has 0 aliphatic carbocycles. The lowest BCUT2D eigenvalue weighted by atomic mass is 10.0. The van der Waals surface area contributed by atoms with Gasteiger partial charge >= 0.3 is 6.03 Å². The number of piperidine rings is 1. The van der Waals surface area contributed by atoms with Crippen molar-refractivity contribution < 1.29 is 14.1 Å². The van der Waals surface area contributed by atoms with Gasteiger partial charge in [-0.3, -0.25) is 4.98 Å². The summed E-state index contributed by atoms with van der Waals surface area (Å²) < 4.78 is 10.9. The molecule has 4 rings (SSSR count). The summed E-state index contributed by atoms with van der Waals surface area (Å²) in [4.78, 5) is 18.4. The fourth-order valence-electron chi connectivity index (χ4n) is 3.52. The maximum atomic E-state index is 12.4. The van der Waals surface area contributed by atoms with Crippen LogP contribution in [0.15, 0.2) is 65.1 Å². The number of aromatic nitrogens is 2. The second kappa shape index (κ2) is 9.93. The van der Waals surface area contributed by atoms with E-state index in [1.807, 2.05) is 29.3 Å². The zero-order valence-electron chi connectivity index (χ0n) is 17.6. The predicted molar refractivity (Wildman–Crippen MR) is 119 cm³/mol. The summed E-state index contributed by atoms with van der Waals surface area (Å²) in [6.45, 7) is 3.75. The van der Waals surface area contributed by atoms with Crippen molar-refractivity contribution in [3.05, 3.63) is 77.4 Å². The SMILES string of the molecule is Cc1oncc1NC(=O)N1CCC(=Cc2cccc(OCCc3cccnc3)c2)CC1. The Balaban J connectivity index is 1.28. The van der Waals surface area contributed by atoms with Gasteiger partial charge < -0.3 is 19.5 Å². The van der Waals surface area contributed by atoms with Crippen LogP contribution in [0.4, 0.5) is 10.5 Å². The molecular formula is C24H26N4O3. The highest BCUT2D eigenvalue weighted by Gasteiger charge is 2.20. The van der Waals surface area contributed by atoms with Crippen LogP contribution in [-0.2, 0) is 6.42 Å². The highest BCUT2D eigenvalue weighted by atomic mass is 16.5. The molecule has 3 heterocycles. The second-order valence-corrected chi connectivity index (χ2v) is 7.55. The van der Waals surface area contributed by atoms with Crippen molar-refractivity contribution in [3.8, 4) is 5.75 Å². The van der Waals surface area contributed by atoms with Crippen molar-refractivity contribution in [2.75, 3.05) is 25.0 Å². The molecule has 0 unspecified atom stereocenters. The number of benzene rings is 1. The third kappa shape index (κ3) is 5.72. The highest BCUT2D eigenvalue weighted by molar-refractivity contribution is 5.89. The first kappa shape index (κ1) is 20.7. The number of amides is 2. The first-order chi connectivity index (χ1) is 15.2. The molecule has 1 N–H and O–H groups in total. The van der Waals surface area contributed by atoms with Gasteiger partial charge in [-0.1, -0.05) is 35.0 Å². The molecule has 0 spiro atoms. The molecule has 1 aliphatic heterocycles. The maximum absolute atomic E-state index is 12.4. The standard InChI is InChI=1S/C24H26N4O3/c1-18-23(17-26-31-18)27-24(29)28-11-7-19(8-12-28)14-21-4-2-6-22(15-21)30-13-9-20-5-3-10-25-16-20/h2-6,10,14-17H,7-9,11-13H2,1H3,(H,27,29). The van der Waals surface area contributed by atoms with E-state index in [0.29, 0.717) is 31.1 Å². The molecule has 1 saturated heterocycles. The lowest BCUT2D eigenvalue weighted by molar-refractivity contribution is 0.207. The van der Waals surface area contributed by atoms with Crippen molar-refractivity contribution in [2.45, 2.75) is 26.2 Å². The summed E-state index contributed by atoms with van der Waals surface area (Å²) >= 11 is 0. The molecule has 31 heavy (non-hydrogen) atoms. The molecule has 160 valence electrons. The molecule has 0 bridgehead atoms. The molecule has 1 aromatic carbocycles. The minimum atomic E-state index is -0.116. The van der Waals surface area contributed by atoms with E-state index in [9.17, 15) is 4.79 Å². The number of likely N-dealkylation sites (tertiary alicyclic amines) is 1. The Labute approximate surface area is 181 Å². The highest BCUT2D eigenvalue weighted by Crippen LogP contribution is 2.23. The number of carbonyl (C=O) groups excluding carboxylic acids is 1. The Morgan fingerprint density at radius 3 is 2.84 bits per heavy atom. The molecule has 0 atom stereocenters. The number of anilines is 1. The smallest absolute Gasteiger partial charge is 0.322 e. The van der Waals surface area contributed by atoms with Crippen molar-refractivity contribution in [1.29, 1.82) is 0 Å². The van der Waals surface area contributed by atoms with Gasteiger partial charge in [-0.05, 0) is 49.1 Å². The summed E-state index contributed by atoms with van der Waals surface area (Å²) in [5.74, 6) is 1.47. The van der Waals surface area contributed by atoms with Gasteiger partial charge in [0.05, 0.1) is 12.8 Å². The van der Waals surface area contributed by atoms with Crippen LogP contribution in [0.5, 0.6) is 5.75 Å². The van der Waals surface area contributed by atoms with Crippen LogP contribution in [0, 0.1) is 6.92 Å². The minimum absolute atomic E-state index is 0.116. The van der Waals surface area contributed by atoms with Crippen LogP contribution >= 0.6 is 0 Å². The number of pyridine rings is 1. The number of rotatable bonds is 6. The zero-order valence-corrected chi connectivity index (χ0v) is 17.6. The predicted octanol–water partition coefficient (Wildman–Crippen LogP) is 4.71. The summed E-state index contributed by atoms with van der Waals surface area (Å²) in [6, 6.07) is 12.0. The number of nitrogens with zero attached hydrogens (tertiary/aromatic N) is 3. The van der Waals surface area contributed by atoms with Crippen LogP contribution < -0.4 is 10.1 Å². The van der Waals surface area contributed by atoms with E-state index in [1.165, 1.54) is 11.8 Å². The summed E-state index contributed by atoms with van der Waals surface area (Å²) in [6.07, 6.45) is 9.89. The van der Waals surface area contributed by atoms with Crippen LogP contribution in [0.25, 0.3) is 6.08 Å². The molecule has 7 heteroatoms. The van der Waals surface area contributed by atoms with Gasteiger partial charge in [0.2, 0.25) is 0 Å². The normalized spacial score (nSPS) is 13.7. The molecule has 1 aliphatic rings. The average Bonchev–Trinajstić information content (AvgIpc) is 3.19. The van der Waals surface area contributed by atoms with E-state index in [2.05, 4.69) is 39.7 Å². The summed E-state index contributed by atoms with van der Waals surface area (Å²) in [5.41, 5.74) is 4.23. The number of ether oxygens (including phenoxy) is 1. The summed E-state index contributed by atoms with van der Waals surface area (Å²) in [5, 5.41) is 6.54. The molecule has 2 amide bonds. The van der Waals surface area contributed by atoms with Gasteiger partial charge in [0.1, 0.15) is 11.4 Å². The Kier molecular flexibility index (Phi) is 6.62. The fraction of sp³-hybridized carbons (Fsp3) is 0.292. The number of hydrogen-bond acceptors (Lipinski definition) is 5. The van der Waals surface area contributed by atoms with E-state index < -0.39 is 0 Å². The lowest BCUT2D eigenvalue weighted by Gasteiger charge is -2.28. The molecular weight excluding hydrogens is 392 g/mol. The quantitative estimate of drug-likeness (QED) is 0.627. The molecule has 2 aromatic heterocycles. The Bertz CT molecular complexity index is 1040. The van der Waals surface area contributed by atoms with E-state index in [-0.39, 0.29) is 6.03 Å². The molecule has 1 fully saturated rings. The Morgan fingerprint density at radius 1 is 1.23 bits per heavy atom. The van der Waals surface area contributed by atoms with Crippen molar-refractivity contribution in [1.82, 2.24) is 15.0 Å². The topological polar surface area (TPSA) is 80.5 Å². The van der Waals surface area contributed by atoms with Gasteiger partial charge in [0.25, 0.3) is 0 Å². The molecule has 3 aromatic rings. The van der Waals surface area contributed by atoms with Gasteiger partial charge in [0.15, 0.2) is 5.76 Å². The first-order valence-electron chi connectivity index (χ1n) is 10.5. The number of urea groups is 1. The molecule has 0 saturated carbocycles. The van der Waals surface area contributed by atoms with Gasteiger partial charge in [-0.25, -0.2) is 4.79 Å². The Morgan fingerprint density at radius 2 is 2.10 bits per heavy atom. The minimum Gasteiger partial charge on any atom is -0.493 e. The van der Waals surface area contributed by atoms with Crippen molar-refractivity contribution >= 4 is 17.8 Å². The van der Waals surface area contributed by atoms with Gasteiger partial charge in [-0.2, -0.15) is 0 Å². The maximum Gasteiger partial charge on any atom is 0.322 e. The molecule has 0 radical (unpaired) electrons. The van der Waals surface area contributed by atoms with Crippen LogP contribution in [0.1, 0.15) is 29.7 Å². The van der Waals surface area contributed by atoms with E-state index in [1.54, 1.807) is 13.1 Å². The summed E-state index contributed by atoms with van der Waals surface area (Å²) in [7, 11) is 0. The van der Waals surface area contributed by atoms with Crippen LogP contribution in [-0.4, -0.2) is 40.8 Å². The van der Waals surface area contributed by atoms with E-state index in [0.717, 1.165) is 36.1 Å². The fourth-order valence-corrected chi connectivity index (χ4v) is 3.52. The van der Waals surface area contributed by atoms with Crippen molar-refractivity contribution in [3.63, 3.8) is 0 Å². The second-order valence-electron chi connectivity index (χ2n) is 7.55. The van der Waals surface area contributed by atoms with Crippen LogP contribution in [0.3, 0.4) is 0 Å². The van der Waals surface area contributed by atoms with Crippen molar-refractivity contribution in [2.24, 2.45) is 0 Å². The zero-order chi connectivity index (χ0) is 21.5. The number of carbonyl (C=O) groups is 1. The largest absolute Gasteiger partial charge is 0.493 e. The number of aryl methyl sites for hydroxylation is 1. The van der Waals surface area contributed by atoms with E-state index >= 15 is 0 Å². The molecule has 7 nitrogen and oxygen atoms in total. The van der Waals surface area contributed by atoms with Crippen LogP contribution in [0.2, 0.25) is 0 Å². The number of hydrogen-bond donors (Lipinski definition) is 1. The van der Waals surface area contributed by atoms with Gasteiger partial charge in [-0.15, -0.1) is 0 Å². The third-order valence-corrected chi connectivity index (χ3v) is 5.30. The first-order valence-corrected chi connectivity index (χ1v) is 10.5. The lowest BCUT2D eigenvalue weighted by Crippen LogP contribution is -2.39. The third-order valence-electron chi connectivity index (χ3n) is 5.30. The number of nitrogens with one attached hydrogen (secondary N) is 1. The monoisotopic (exact) mass is 418 g/mol. The van der Waals surface area contributed by atoms with E-state index in [4.69, 9.17) is 9.26 Å². The van der Waals surface area contributed by atoms with Gasteiger partial charge in [0, 0.05) is 31.9 Å². The Hall–Kier alpha value is -3.61. The average molecular weight is 418 g/mol.